The van der Waals surface area contributed by atoms with Gasteiger partial charge in [-0.05, 0) is 37.6 Å². The SMILES string of the molecule is CCC(C)NC(=O)NCCOc1ccc(F)cc1. The summed E-state index contributed by atoms with van der Waals surface area (Å²) in [6, 6.07) is 5.72. The Morgan fingerprint density at radius 1 is 1.39 bits per heavy atom. The van der Waals surface area contributed by atoms with Crippen molar-refractivity contribution in [1.29, 1.82) is 0 Å². The van der Waals surface area contributed by atoms with Crippen LogP contribution >= 0.6 is 0 Å². The van der Waals surface area contributed by atoms with Gasteiger partial charge in [-0.3, -0.25) is 0 Å². The number of benzene rings is 1. The van der Waals surface area contributed by atoms with E-state index in [9.17, 15) is 9.18 Å². The summed E-state index contributed by atoms with van der Waals surface area (Å²) in [7, 11) is 0. The van der Waals surface area contributed by atoms with Crippen LogP contribution in [-0.2, 0) is 0 Å². The molecule has 5 heteroatoms. The molecule has 0 heterocycles. The molecule has 100 valence electrons. The molecular weight excluding hydrogens is 235 g/mol. The van der Waals surface area contributed by atoms with E-state index >= 15 is 0 Å². The van der Waals surface area contributed by atoms with Crippen LogP contribution in [0.5, 0.6) is 5.75 Å². The minimum atomic E-state index is -0.298. The van der Waals surface area contributed by atoms with Gasteiger partial charge in [0.25, 0.3) is 0 Å². The average Bonchev–Trinajstić information content (AvgIpc) is 2.36. The molecule has 2 amide bonds. The first-order valence-electron chi connectivity index (χ1n) is 6.04. The van der Waals surface area contributed by atoms with Crippen molar-refractivity contribution in [3.63, 3.8) is 0 Å². The van der Waals surface area contributed by atoms with Crippen molar-refractivity contribution in [1.82, 2.24) is 10.6 Å². The molecule has 1 atom stereocenters. The van der Waals surface area contributed by atoms with E-state index in [0.717, 1.165) is 6.42 Å². The van der Waals surface area contributed by atoms with Crippen LogP contribution in [0.25, 0.3) is 0 Å². The summed E-state index contributed by atoms with van der Waals surface area (Å²) in [5.74, 6) is 0.286. The maximum atomic E-state index is 12.6. The second-order valence-corrected chi connectivity index (χ2v) is 4.01. The minimum absolute atomic E-state index is 0.156. The first-order chi connectivity index (χ1) is 8.61. The molecule has 0 aromatic heterocycles. The number of nitrogens with one attached hydrogen (secondary N) is 2. The molecule has 0 aliphatic carbocycles. The van der Waals surface area contributed by atoms with Crippen molar-refractivity contribution in [3.8, 4) is 5.75 Å². The van der Waals surface area contributed by atoms with Gasteiger partial charge in [0.1, 0.15) is 18.2 Å². The lowest BCUT2D eigenvalue weighted by molar-refractivity contribution is 0.233. The predicted octanol–water partition coefficient (Wildman–Crippen LogP) is 2.30. The van der Waals surface area contributed by atoms with Crippen LogP contribution in [0.15, 0.2) is 24.3 Å². The summed E-state index contributed by atoms with van der Waals surface area (Å²) in [5.41, 5.74) is 0. The van der Waals surface area contributed by atoms with Gasteiger partial charge in [-0.2, -0.15) is 0 Å². The number of halogens is 1. The third kappa shape index (κ3) is 5.52. The maximum absolute atomic E-state index is 12.6. The molecule has 0 saturated carbocycles. The molecule has 1 aromatic carbocycles. The Bertz CT molecular complexity index is 368. The van der Waals surface area contributed by atoms with Gasteiger partial charge in [0.15, 0.2) is 0 Å². The van der Waals surface area contributed by atoms with Crippen molar-refractivity contribution in [2.24, 2.45) is 0 Å². The van der Waals surface area contributed by atoms with Gasteiger partial charge in [-0.25, -0.2) is 9.18 Å². The third-order valence-electron chi connectivity index (χ3n) is 2.46. The fourth-order valence-corrected chi connectivity index (χ4v) is 1.24. The summed E-state index contributed by atoms with van der Waals surface area (Å²) < 4.78 is 17.9. The average molecular weight is 254 g/mol. The van der Waals surface area contributed by atoms with E-state index in [1.165, 1.54) is 12.1 Å². The number of hydrogen-bond donors (Lipinski definition) is 2. The molecular formula is C13H19FN2O2. The molecule has 1 aromatic rings. The lowest BCUT2D eigenvalue weighted by atomic mass is 10.3. The number of ether oxygens (including phenoxy) is 1. The fourth-order valence-electron chi connectivity index (χ4n) is 1.24. The number of carbonyl (C=O) groups excluding carboxylic acids is 1. The predicted molar refractivity (Wildman–Crippen MR) is 68.2 cm³/mol. The van der Waals surface area contributed by atoms with Gasteiger partial charge < -0.3 is 15.4 Å². The minimum Gasteiger partial charge on any atom is -0.492 e. The first-order valence-corrected chi connectivity index (χ1v) is 6.04. The van der Waals surface area contributed by atoms with Gasteiger partial charge in [0, 0.05) is 6.04 Å². The van der Waals surface area contributed by atoms with Crippen LogP contribution in [0.1, 0.15) is 20.3 Å². The number of hydrogen-bond acceptors (Lipinski definition) is 2. The summed E-state index contributed by atoms with van der Waals surface area (Å²) in [5, 5.41) is 5.46. The second-order valence-electron chi connectivity index (χ2n) is 4.01. The molecule has 0 bridgehead atoms. The Morgan fingerprint density at radius 2 is 2.06 bits per heavy atom. The van der Waals surface area contributed by atoms with E-state index < -0.39 is 0 Å². The van der Waals surface area contributed by atoms with E-state index in [1.54, 1.807) is 12.1 Å². The number of urea groups is 1. The zero-order valence-corrected chi connectivity index (χ0v) is 10.7. The summed E-state index contributed by atoms with van der Waals surface area (Å²) >= 11 is 0. The highest BCUT2D eigenvalue weighted by Crippen LogP contribution is 2.10. The van der Waals surface area contributed by atoms with Crippen LogP contribution in [0.2, 0.25) is 0 Å². The Balaban J connectivity index is 2.15. The van der Waals surface area contributed by atoms with E-state index in [-0.39, 0.29) is 17.9 Å². The summed E-state index contributed by atoms with van der Waals surface area (Å²) in [6.07, 6.45) is 0.888. The molecule has 1 unspecified atom stereocenters. The maximum Gasteiger partial charge on any atom is 0.315 e. The molecule has 0 aliphatic heterocycles. The molecule has 0 saturated heterocycles. The molecule has 0 spiro atoms. The number of amides is 2. The van der Waals surface area contributed by atoms with Crippen molar-refractivity contribution >= 4 is 6.03 Å². The van der Waals surface area contributed by atoms with Gasteiger partial charge in [-0.15, -0.1) is 0 Å². The van der Waals surface area contributed by atoms with E-state index in [4.69, 9.17) is 4.74 Å². The van der Waals surface area contributed by atoms with Crippen LogP contribution in [0, 0.1) is 5.82 Å². The quantitative estimate of drug-likeness (QED) is 0.765. The van der Waals surface area contributed by atoms with Crippen molar-refractivity contribution in [3.05, 3.63) is 30.1 Å². The van der Waals surface area contributed by atoms with Crippen molar-refractivity contribution in [2.45, 2.75) is 26.3 Å². The first kappa shape index (κ1) is 14.3. The molecule has 0 aliphatic rings. The van der Waals surface area contributed by atoms with Crippen molar-refractivity contribution < 1.29 is 13.9 Å². The topological polar surface area (TPSA) is 50.4 Å². The van der Waals surface area contributed by atoms with Gasteiger partial charge >= 0.3 is 6.03 Å². The molecule has 0 fully saturated rings. The highest BCUT2D eigenvalue weighted by atomic mass is 19.1. The lowest BCUT2D eigenvalue weighted by Gasteiger charge is -2.12. The summed E-state index contributed by atoms with van der Waals surface area (Å²) in [4.78, 5) is 11.3. The smallest absolute Gasteiger partial charge is 0.315 e. The van der Waals surface area contributed by atoms with Gasteiger partial charge in [-0.1, -0.05) is 6.92 Å². The van der Waals surface area contributed by atoms with Crippen LogP contribution in [0.4, 0.5) is 9.18 Å². The fraction of sp³-hybridized carbons (Fsp3) is 0.462. The van der Waals surface area contributed by atoms with E-state index in [1.807, 2.05) is 13.8 Å². The molecule has 1 rings (SSSR count). The van der Waals surface area contributed by atoms with Crippen LogP contribution in [0.3, 0.4) is 0 Å². The molecule has 0 radical (unpaired) electrons. The highest BCUT2D eigenvalue weighted by molar-refractivity contribution is 5.74. The van der Waals surface area contributed by atoms with E-state index in [0.29, 0.717) is 18.9 Å². The standard InChI is InChI=1S/C13H19FN2O2/c1-3-10(2)16-13(17)15-8-9-18-12-6-4-11(14)5-7-12/h4-7,10H,3,8-9H2,1-2H3,(H2,15,16,17). The van der Waals surface area contributed by atoms with Crippen molar-refractivity contribution in [2.75, 3.05) is 13.2 Å². The largest absolute Gasteiger partial charge is 0.492 e. The number of carbonyl (C=O) groups is 1. The highest BCUT2D eigenvalue weighted by Gasteiger charge is 2.03. The van der Waals surface area contributed by atoms with E-state index in [2.05, 4.69) is 10.6 Å². The Morgan fingerprint density at radius 3 is 2.67 bits per heavy atom. The Hall–Kier alpha value is -1.78. The zero-order chi connectivity index (χ0) is 13.4. The lowest BCUT2D eigenvalue weighted by Crippen LogP contribution is -2.41. The molecule has 18 heavy (non-hydrogen) atoms. The Labute approximate surface area is 107 Å². The van der Waals surface area contributed by atoms with Gasteiger partial charge in [0.2, 0.25) is 0 Å². The molecule has 2 N–H and O–H groups in total. The summed E-state index contributed by atoms with van der Waals surface area (Å²) in [6.45, 7) is 4.69. The Kier molecular flexibility index (Phi) is 5.97. The third-order valence-corrected chi connectivity index (χ3v) is 2.46. The van der Waals surface area contributed by atoms with Gasteiger partial charge in [0.05, 0.1) is 6.54 Å². The molecule has 4 nitrogen and oxygen atoms in total. The zero-order valence-electron chi connectivity index (χ0n) is 10.7. The van der Waals surface area contributed by atoms with Crippen LogP contribution < -0.4 is 15.4 Å². The normalized spacial score (nSPS) is 11.7. The number of rotatable bonds is 6. The van der Waals surface area contributed by atoms with Crippen LogP contribution in [-0.4, -0.2) is 25.2 Å². The monoisotopic (exact) mass is 254 g/mol. The second kappa shape index (κ2) is 7.53.